The number of piperidine rings is 1. The Morgan fingerprint density at radius 1 is 0.970 bits per heavy atom. The first-order chi connectivity index (χ1) is 16.2. The molecule has 0 amide bonds. The van der Waals surface area contributed by atoms with E-state index in [0.717, 1.165) is 61.5 Å². The van der Waals surface area contributed by atoms with Gasteiger partial charge in [-0.2, -0.15) is 5.26 Å². The Labute approximate surface area is 194 Å². The lowest BCUT2D eigenvalue weighted by atomic mass is 9.99. The third kappa shape index (κ3) is 4.48. The number of hydrogen-bond donors (Lipinski definition) is 0. The van der Waals surface area contributed by atoms with Gasteiger partial charge in [-0.3, -0.25) is 4.98 Å². The van der Waals surface area contributed by atoms with E-state index in [2.05, 4.69) is 69.2 Å². The number of fused-ring (bicyclic) bond motifs is 1. The predicted octanol–water partition coefficient (Wildman–Crippen LogP) is 5.61. The van der Waals surface area contributed by atoms with Gasteiger partial charge in [0.05, 0.1) is 13.2 Å². The van der Waals surface area contributed by atoms with E-state index in [-0.39, 0.29) is 5.92 Å². The van der Waals surface area contributed by atoms with Gasteiger partial charge in [0.1, 0.15) is 5.75 Å². The van der Waals surface area contributed by atoms with Crippen molar-refractivity contribution in [1.29, 1.82) is 5.26 Å². The lowest BCUT2D eigenvalue weighted by Gasteiger charge is -2.29. The molecular formula is C28H28N4O. The van der Waals surface area contributed by atoms with E-state index >= 15 is 0 Å². The molecule has 0 N–H and O–H groups in total. The third-order valence-corrected chi connectivity index (χ3v) is 6.69. The van der Waals surface area contributed by atoms with E-state index in [0.29, 0.717) is 0 Å². The molecule has 5 heteroatoms. The molecular weight excluding hydrogens is 408 g/mol. The van der Waals surface area contributed by atoms with Crippen molar-refractivity contribution < 1.29 is 4.74 Å². The fourth-order valence-electron chi connectivity index (χ4n) is 4.73. The zero-order chi connectivity index (χ0) is 22.6. The summed E-state index contributed by atoms with van der Waals surface area (Å²) in [6, 6.07) is 21.3. The summed E-state index contributed by atoms with van der Waals surface area (Å²) in [5.41, 5.74) is 5.78. The Morgan fingerprint density at radius 2 is 1.73 bits per heavy atom. The van der Waals surface area contributed by atoms with E-state index in [9.17, 15) is 0 Å². The zero-order valence-corrected chi connectivity index (χ0v) is 18.9. The lowest BCUT2D eigenvalue weighted by Crippen LogP contribution is -2.35. The first kappa shape index (κ1) is 21.2. The third-order valence-electron chi connectivity index (χ3n) is 6.69. The van der Waals surface area contributed by atoms with Crippen molar-refractivity contribution in [1.82, 2.24) is 14.5 Å². The summed E-state index contributed by atoms with van der Waals surface area (Å²) in [5.74, 6) is 1.08. The Kier molecular flexibility index (Phi) is 6.10. The second kappa shape index (κ2) is 9.48. The van der Waals surface area contributed by atoms with Crippen molar-refractivity contribution >= 4 is 10.9 Å². The minimum absolute atomic E-state index is 0.228. The van der Waals surface area contributed by atoms with Crippen molar-refractivity contribution in [2.75, 3.05) is 26.7 Å². The topological polar surface area (TPSA) is 54.1 Å². The molecule has 0 unspecified atom stereocenters. The van der Waals surface area contributed by atoms with Crippen LogP contribution < -0.4 is 4.74 Å². The van der Waals surface area contributed by atoms with Crippen LogP contribution in [0.15, 0.2) is 73.2 Å². The molecule has 4 aromatic rings. The van der Waals surface area contributed by atoms with Crippen LogP contribution in [0, 0.1) is 17.2 Å². The Bertz CT molecular complexity index is 1280. The van der Waals surface area contributed by atoms with Crippen LogP contribution in [0.1, 0.15) is 12.8 Å². The van der Waals surface area contributed by atoms with Crippen molar-refractivity contribution in [3.63, 3.8) is 0 Å². The molecule has 5 rings (SSSR count). The molecule has 2 aromatic heterocycles. The number of aromatic nitrogens is 2. The number of para-hydroxylation sites is 1. The molecule has 0 bridgehead atoms. The monoisotopic (exact) mass is 436 g/mol. The maximum atomic E-state index is 9.15. The number of rotatable bonds is 6. The molecule has 33 heavy (non-hydrogen) atoms. The fraction of sp³-hybridized carbons (Fsp3) is 0.286. The van der Waals surface area contributed by atoms with E-state index in [4.69, 9.17) is 10.00 Å². The molecule has 2 aromatic carbocycles. The molecule has 1 aliphatic heterocycles. The van der Waals surface area contributed by atoms with Crippen molar-refractivity contribution in [3.05, 3.63) is 73.2 Å². The summed E-state index contributed by atoms with van der Waals surface area (Å²) in [7, 11) is 1.68. The molecule has 3 heterocycles. The van der Waals surface area contributed by atoms with Gasteiger partial charge in [-0.05, 0) is 55.8 Å². The summed E-state index contributed by atoms with van der Waals surface area (Å²) < 4.78 is 7.65. The van der Waals surface area contributed by atoms with E-state index < -0.39 is 0 Å². The Hall–Kier alpha value is -3.62. The van der Waals surface area contributed by atoms with Crippen molar-refractivity contribution in [3.8, 4) is 34.1 Å². The second-order valence-corrected chi connectivity index (χ2v) is 8.69. The molecule has 166 valence electrons. The summed E-state index contributed by atoms with van der Waals surface area (Å²) in [6.07, 6.45) is 8.10. The number of methoxy groups -OCH3 is 1. The predicted molar refractivity (Wildman–Crippen MR) is 132 cm³/mol. The summed E-state index contributed by atoms with van der Waals surface area (Å²) in [6.45, 7) is 3.96. The maximum Gasteiger partial charge on any atom is 0.118 e. The highest BCUT2D eigenvalue weighted by Gasteiger charge is 2.19. The summed E-state index contributed by atoms with van der Waals surface area (Å²) in [5, 5.41) is 10.4. The standard InChI is InChI=1S/C28H28N4O/c1-33-25-8-6-22(7-9-25)23-16-24(19-30-18-23)27-20-32(28-5-3-2-4-26(27)28)15-14-31-12-10-21(17-29)11-13-31/h2-9,16,18-21H,10-15H2,1H3. The van der Waals surface area contributed by atoms with Crippen LogP contribution in [-0.4, -0.2) is 41.2 Å². The molecule has 1 saturated heterocycles. The second-order valence-electron chi connectivity index (χ2n) is 8.69. The Morgan fingerprint density at radius 3 is 2.48 bits per heavy atom. The largest absolute Gasteiger partial charge is 0.497 e. The van der Waals surface area contributed by atoms with Crippen LogP contribution in [0.25, 0.3) is 33.2 Å². The Balaban J connectivity index is 1.41. The van der Waals surface area contributed by atoms with Gasteiger partial charge in [0, 0.05) is 65.2 Å². The molecule has 5 nitrogen and oxygen atoms in total. The van der Waals surface area contributed by atoms with Crippen LogP contribution >= 0.6 is 0 Å². The van der Waals surface area contributed by atoms with Crippen molar-refractivity contribution in [2.45, 2.75) is 19.4 Å². The average Bonchev–Trinajstić information content (AvgIpc) is 3.27. The minimum Gasteiger partial charge on any atom is -0.497 e. The van der Waals surface area contributed by atoms with Gasteiger partial charge < -0.3 is 14.2 Å². The van der Waals surface area contributed by atoms with Crippen LogP contribution in [0.3, 0.4) is 0 Å². The molecule has 1 fully saturated rings. The highest BCUT2D eigenvalue weighted by molar-refractivity contribution is 5.96. The van der Waals surface area contributed by atoms with Gasteiger partial charge in [-0.15, -0.1) is 0 Å². The average molecular weight is 437 g/mol. The van der Waals surface area contributed by atoms with Gasteiger partial charge >= 0.3 is 0 Å². The summed E-state index contributed by atoms with van der Waals surface area (Å²) in [4.78, 5) is 7.04. The number of benzene rings is 2. The van der Waals surface area contributed by atoms with Gasteiger partial charge in [-0.25, -0.2) is 0 Å². The SMILES string of the molecule is COc1ccc(-c2cncc(-c3cn(CCN4CCC(C#N)CC4)c4ccccc34)c2)cc1. The van der Waals surface area contributed by atoms with Gasteiger partial charge in [0.2, 0.25) is 0 Å². The van der Waals surface area contributed by atoms with E-state index in [1.54, 1.807) is 7.11 Å². The molecule has 0 saturated carbocycles. The quantitative estimate of drug-likeness (QED) is 0.394. The first-order valence-corrected chi connectivity index (χ1v) is 11.5. The normalized spacial score (nSPS) is 14.9. The minimum atomic E-state index is 0.228. The van der Waals surface area contributed by atoms with Gasteiger partial charge in [-0.1, -0.05) is 30.3 Å². The number of nitriles is 1. The molecule has 1 aliphatic rings. The van der Waals surface area contributed by atoms with Crippen molar-refractivity contribution in [2.24, 2.45) is 5.92 Å². The number of hydrogen-bond acceptors (Lipinski definition) is 4. The fourth-order valence-corrected chi connectivity index (χ4v) is 4.73. The smallest absolute Gasteiger partial charge is 0.118 e. The zero-order valence-electron chi connectivity index (χ0n) is 18.9. The highest BCUT2D eigenvalue weighted by Crippen LogP contribution is 2.33. The van der Waals surface area contributed by atoms with E-state index in [1.165, 1.54) is 16.5 Å². The van der Waals surface area contributed by atoms with Gasteiger partial charge in [0.25, 0.3) is 0 Å². The van der Waals surface area contributed by atoms with Crippen LogP contribution in [0.5, 0.6) is 5.75 Å². The molecule has 0 aliphatic carbocycles. The maximum absolute atomic E-state index is 9.15. The molecule has 0 radical (unpaired) electrons. The number of ether oxygens (including phenoxy) is 1. The van der Waals surface area contributed by atoms with Crippen LogP contribution in [0.2, 0.25) is 0 Å². The van der Waals surface area contributed by atoms with Crippen LogP contribution in [0.4, 0.5) is 0 Å². The number of likely N-dealkylation sites (tertiary alicyclic amines) is 1. The number of pyridine rings is 1. The summed E-state index contributed by atoms with van der Waals surface area (Å²) >= 11 is 0. The molecule has 0 spiro atoms. The highest BCUT2D eigenvalue weighted by atomic mass is 16.5. The first-order valence-electron chi connectivity index (χ1n) is 11.5. The number of nitrogens with zero attached hydrogens (tertiary/aromatic N) is 4. The van der Waals surface area contributed by atoms with E-state index in [1.807, 2.05) is 24.5 Å². The molecule has 0 atom stereocenters. The van der Waals surface area contributed by atoms with Gasteiger partial charge in [0.15, 0.2) is 0 Å². The van der Waals surface area contributed by atoms with Crippen LogP contribution in [-0.2, 0) is 6.54 Å². The lowest BCUT2D eigenvalue weighted by molar-refractivity contribution is 0.200.